The molecule has 2 aromatic carbocycles. The van der Waals surface area contributed by atoms with Crippen LogP contribution in [0.1, 0.15) is 36.0 Å². The quantitative estimate of drug-likeness (QED) is 0.489. The standard InChI is InChI=1S/C24H28N2O4S2/c1-24(2,3)17-9-12-21(19(15-17)16-7-10-18(11-8-16)26(4)5)32(28,29)25-20-13-14-31-22(20)23(27)30-6/h7-15,25H,1-6H3. The molecule has 6 nitrogen and oxygen atoms in total. The number of rotatable bonds is 6. The van der Waals surface area contributed by atoms with Crippen molar-refractivity contribution in [3.05, 3.63) is 64.4 Å². The second-order valence-electron chi connectivity index (χ2n) is 8.66. The normalized spacial score (nSPS) is 11.8. The Morgan fingerprint density at radius 2 is 1.69 bits per heavy atom. The third-order valence-corrected chi connectivity index (χ3v) is 7.43. The summed E-state index contributed by atoms with van der Waals surface area (Å²) in [5.74, 6) is -0.583. The summed E-state index contributed by atoms with van der Waals surface area (Å²) in [5.41, 5.74) is 3.49. The van der Waals surface area contributed by atoms with Gasteiger partial charge in [-0.3, -0.25) is 4.72 Å². The number of hydrogen-bond acceptors (Lipinski definition) is 6. The predicted molar refractivity (Wildman–Crippen MR) is 131 cm³/mol. The molecule has 0 bridgehead atoms. The van der Waals surface area contributed by atoms with Gasteiger partial charge in [-0.15, -0.1) is 11.3 Å². The zero-order valence-electron chi connectivity index (χ0n) is 19.1. The zero-order valence-corrected chi connectivity index (χ0v) is 20.7. The minimum absolute atomic E-state index is 0.144. The molecule has 0 amide bonds. The van der Waals surface area contributed by atoms with Crippen LogP contribution in [-0.4, -0.2) is 35.6 Å². The molecule has 0 aliphatic carbocycles. The molecule has 0 aliphatic rings. The van der Waals surface area contributed by atoms with E-state index in [0.717, 1.165) is 28.2 Å². The minimum Gasteiger partial charge on any atom is -0.465 e. The molecule has 0 atom stereocenters. The lowest BCUT2D eigenvalue weighted by molar-refractivity contribution is 0.0607. The van der Waals surface area contributed by atoms with Crippen LogP contribution in [0, 0.1) is 0 Å². The van der Waals surface area contributed by atoms with Gasteiger partial charge in [0.2, 0.25) is 0 Å². The first-order valence-electron chi connectivity index (χ1n) is 10.0. The number of nitrogens with one attached hydrogen (secondary N) is 1. The average molecular weight is 473 g/mol. The Kier molecular flexibility index (Phi) is 6.67. The van der Waals surface area contributed by atoms with Gasteiger partial charge in [-0.05, 0) is 52.3 Å². The van der Waals surface area contributed by atoms with E-state index in [-0.39, 0.29) is 20.9 Å². The third-order valence-electron chi connectivity index (χ3n) is 5.11. The average Bonchev–Trinajstić information content (AvgIpc) is 3.19. The fraction of sp³-hybridized carbons (Fsp3) is 0.292. The fourth-order valence-electron chi connectivity index (χ4n) is 3.24. The summed E-state index contributed by atoms with van der Waals surface area (Å²) in [5, 5.41) is 1.65. The van der Waals surface area contributed by atoms with Crippen molar-refractivity contribution in [3.8, 4) is 11.1 Å². The number of benzene rings is 2. The highest BCUT2D eigenvalue weighted by Crippen LogP contribution is 2.35. The summed E-state index contributed by atoms with van der Waals surface area (Å²) < 4.78 is 34.2. The Hall–Kier alpha value is -2.84. The summed E-state index contributed by atoms with van der Waals surface area (Å²) >= 11 is 1.12. The molecule has 0 fully saturated rings. The van der Waals surface area contributed by atoms with E-state index in [0.29, 0.717) is 5.56 Å². The molecule has 1 heterocycles. The van der Waals surface area contributed by atoms with Crippen LogP contribution < -0.4 is 9.62 Å². The minimum atomic E-state index is -3.98. The van der Waals surface area contributed by atoms with Crippen LogP contribution in [-0.2, 0) is 20.2 Å². The van der Waals surface area contributed by atoms with E-state index in [1.54, 1.807) is 17.5 Å². The van der Waals surface area contributed by atoms with E-state index in [1.807, 2.05) is 55.4 Å². The summed E-state index contributed by atoms with van der Waals surface area (Å²) in [6, 6.07) is 14.7. The molecule has 0 saturated carbocycles. The predicted octanol–water partition coefficient (Wildman–Crippen LogP) is 5.37. The van der Waals surface area contributed by atoms with Crippen molar-refractivity contribution in [2.45, 2.75) is 31.1 Å². The second kappa shape index (κ2) is 8.96. The second-order valence-corrected chi connectivity index (χ2v) is 11.2. The van der Waals surface area contributed by atoms with E-state index < -0.39 is 16.0 Å². The van der Waals surface area contributed by atoms with Crippen molar-refractivity contribution in [2.75, 3.05) is 30.8 Å². The van der Waals surface area contributed by atoms with Crippen LogP contribution in [0.5, 0.6) is 0 Å². The van der Waals surface area contributed by atoms with E-state index in [1.165, 1.54) is 7.11 Å². The molecule has 170 valence electrons. The first-order chi connectivity index (χ1) is 14.9. The molecular weight excluding hydrogens is 444 g/mol. The van der Waals surface area contributed by atoms with Crippen molar-refractivity contribution in [2.24, 2.45) is 0 Å². The Bertz CT molecular complexity index is 1220. The monoisotopic (exact) mass is 472 g/mol. The van der Waals surface area contributed by atoms with Crippen LogP contribution in [0.3, 0.4) is 0 Å². The van der Waals surface area contributed by atoms with Crippen molar-refractivity contribution in [1.82, 2.24) is 0 Å². The number of carbonyl (C=O) groups is 1. The molecular formula is C24H28N2O4S2. The Morgan fingerprint density at radius 3 is 2.25 bits per heavy atom. The molecule has 3 rings (SSSR count). The number of methoxy groups -OCH3 is 1. The molecule has 1 N–H and O–H groups in total. The third kappa shape index (κ3) is 4.97. The van der Waals surface area contributed by atoms with Crippen LogP contribution in [0.2, 0.25) is 0 Å². The number of sulfonamides is 1. The summed E-state index contributed by atoms with van der Waals surface area (Å²) in [6.07, 6.45) is 0. The van der Waals surface area contributed by atoms with E-state index in [9.17, 15) is 13.2 Å². The van der Waals surface area contributed by atoms with Crippen molar-refractivity contribution in [3.63, 3.8) is 0 Å². The van der Waals surface area contributed by atoms with Gasteiger partial charge in [0.25, 0.3) is 10.0 Å². The summed E-state index contributed by atoms with van der Waals surface area (Å²) in [6.45, 7) is 6.25. The topological polar surface area (TPSA) is 75.7 Å². The lowest BCUT2D eigenvalue weighted by atomic mass is 9.85. The molecule has 8 heteroatoms. The Balaban J connectivity index is 2.13. The number of ether oxygens (including phenoxy) is 1. The lowest BCUT2D eigenvalue weighted by Crippen LogP contribution is -2.17. The number of nitrogens with zero attached hydrogens (tertiary/aromatic N) is 1. The van der Waals surface area contributed by atoms with Crippen molar-refractivity contribution >= 4 is 38.7 Å². The van der Waals surface area contributed by atoms with Gasteiger partial charge in [0, 0.05) is 25.3 Å². The zero-order chi connectivity index (χ0) is 23.7. The smallest absolute Gasteiger partial charge is 0.350 e. The van der Waals surface area contributed by atoms with E-state index in [2.05, 4.69) is 25.5 Å². The van der Waals surface area contributed by atoms with Gasteiger partial charge in [-0.1, -0.05) is 39.0 Å². The van der Waals surface area contributed by atoms with Gasteiger partial charge in [-0.25, -0.2) is 13.2 Å². The van der Waals surface area contributed by atoms with Gasteiger partial charge >= 0.3 is 5.97 Å². The lowest BCUT2D eigenvalue weighted by Gasteiger charge is -2.22. The van der Waals surface area contributed by atoms with Crippen LogP contribution in [0.4, 0.5) is 11.4 Å². The van der Waals surface area contributed by atoms with Crippen molar-refractivity contribution < 1.29 is 17.9 Å². The molecule has 0 saturated heterocycles. The van der Waals surface area contributed by atoms with Crippen LogP contribution in [0.15, 0.2) is 58.8 Å². The highest BCUT2D eigenvalue weighted by molar-refractivity contribution is 7.92. The molecule has 3 aromatic rings. The molecule has 0 radical (unpaired) electrons. The van der Waals surface area contributed by atoms with Crippen LogP contribution in [0.25, 0.3) is 11.1 Å². The van der Waals surface area contributed by atoms with Gasteiger partial charge < -0.3 is 9.64 Å². The number of esters is 1. The first-order valence-corrected chi connectivity index (χ1v) is 12.4. The highest BCUT2D eigenvalue weighted by atomic mass is 32.2. The van der Waals surface area contributed by atoms with Crippen LogP contribution >= 0.6 is 11.3 Å². The van der Waals surface area contributed by atoms with Gasteiger partial charge in [0.15, 0.2) is 0 Å². The van der Waals surface area contributed by atoms with E-state index >= 15 is 0 Å². The van der Waals surface area contributed by atoms with E-state index in [4.69, 9.17) is 4.74 Å². The molecule has 32 heavy (non-hydrogen) atoms. The van der Waals surface area contributed by atoms with Gasteiger partial charge in [-0.2, -0.15) is 0 Å². The van der Waals surface area contributed by atoms with Gasteiger partial charge in [0.1, 0.15) is 4.88 Å². The maximum Gasteiger partial charge on any atom is 0.350 e. The maximum atomic E-state index is 13.4. The summed E-state index contributed by atoms with van der Waals surface area (Å²) in [4.78, 5) is 14.3. The highest BCUT2D eigenvalue weighted by Gasteiger charge is 2.25. The summed E-state index contributed by atoms with van der Waals surface area (Å²) in [7, 11) is 1.19. The Labute approximate surface area is 193 Å². The first kappa shape index (κ1) is 23.8. The van der Waals surface area contributed by atoms with Crippen molar-refractivity contribution in [1.29, 1.82) is 0 Å². The number of carbonyl (C=O) groups excluding carboxylic acids is 1. The number of anilines is 2. The number of hydrogen-bond donors (Lipinski definition) is 1. The fourth-order valence-corrected chi connectivity index (χ4v) is 5.35. The number of thiophene rings is 1. The maximum absolute atomic E-state index is 13.4. The molecule has 1 aromatic heterocycles. The largest absolute Gasteiger partial charge is 0.465 e. The SMILES string of the molecule is COC(=O)c1sccc1NS(=O)(=O)c1ccc(C(C)(C)C)cc1-c1ccc(N(C)C)cc1. The molecule has 0 spiro atoms. The van der Waals surface area contributed by atoms with Gasteiger partial charge in [0.05, 0.1) is 17.7 Å². The molecule has 0 aliphatic heterocycles. The Morgan fingerprint density at radius 1 is 1.03 bits per heavy atom. The molecule has 0 unspecified atom stereocenters.